The van der Waals surface area contributed by atoms with Crippen LogP contribution in [0.1, 0.15) is 34.1 Å². The first-order valence-corrected chi connectivity index (χ1v) is 4.79. The van der Waals surface area contributed by atoms with Crippen molar-refractivity contribution in [2.75, 3.05) is 13.1 Å². The van der Waals surface area contributed by atoms with Gasteiger partial charge in [0.1, 0.15) is 0 Å². The van der Waals surface area contributed by atoms with Gasteiger partial charge in [-0.05, 0) is 5.92 Å². The quantitative estimate of drug-likeness (QED) is 0.686. The Balaban J connectivity index is 0.000000561. The van der Waals surface area contributed by atoms with E-state index in [0.29, 0.717) is 17.8 Å². The van der Waals surface area contributed by atoms with Crippen molar-refractivity contribution in [3.8, 4) is 6.07 Å². The minimum atomic E-state index is 0.300. The zero-order chi connectivity index (χ0) is 9.61. The van der Waals surface area contributed by atoms with E-state index >= 15 is 0 Å². The third kappa shape index (κ3) is 2.22. The average molecular weight is 168 g/mol. The molecule has 70 valence electrons. The van der Waals surface area contributed by atoms with Gasteiger partial charge in [-0.3, -0.25) is 0 Å². The van der Waals surface area contributed by atoms with Crippen LogP contribution in [0.25, 0.3) is 0 Å². The second-order valence-corrected chi connectivity index (χ2v) is 3.46. The van der Waals surface area contributed by atoms with Crippen LogP contribution < -0.4 is 5.32 Å². The summed E-state index contributed by atoms with van der Waals surface area (Å²) in [5.41, 5.74) is 0.300. The third-order valence-electron chi connectivity index (χ3n) is 2.61. The summed E-state index contributed by atoms with van der Waals surface area (Å²) in [5, 5.41) is 11.8. The fraction of sp³-hybridized carbons (Fsp3) is 0.900. The SMILES string of the molecule is CC.CC(C)C1(CC#N)CNC1. The highest BCUT2D eigenvalue weighted by molar-refractivity contribution is 4.99. The Bertz CT molecular complexity index is 152. The first kappa shape index (κ1) is 11.4. The third-order valence-corrected chi connectivity index (χ3v) is 2.61. The summed E-state index contributed by atoms with van der Waals surface area (Å²) in [6, 6.07) is 2.25. The van der Waals surface area contributed by atoms with E-state index < -0.39 is 0 Å². The lowest BCUT2D eigenvalue weighted by Gasteiger charge is -2.44. The molecular formula is C10H20N2. The summed E-state index contributed by atoms with van der Waals surface area (Å²) in [6.45, 7) is 10.4. The standard InChI is InChI=1S/C8H14N2.C2H6/c1-7(2)8(3-4-9)5-10-6-8;1-2/h7,10H,3,5-6H2,1-2H3;1-2H3. The van der Waals surface area contributed by atoms with E-state index in [1.165, 1.54) is 0 Å². The Kier molecular flexibility index (Phi) is 4.92. The molecular weight excluding hydrogens is 148 g/mol. The van der Waals surface area contributed by atoms with Crippen LogP contribution in [-0.2, 0) is 0 Å². The molecule has 12 heavy (non-hydrogen) atoms. The fourth-order valence-electron chi connectivity index (χ4n) is 1.34. The van der Waals surface area contributed by atoms with Gasteiger partial charge in [0.25, 0.3) is 0 Å². The largest absolute Gasteiger partial charge is 0.315 e. The van der Waals surface area contributed by atoms with Gasteiger partial charge in [-0.1, -0.05) is 27.7 Å². The molecule has 1 N–H and O–H groups in total. The second kappa shape index (κ2) is 5.16. The Labute approximate surface area is 76.0 Å². The zero-order valence-electron chi connectivity index (χ0n) is 8.65. The minimum Gasteiger partial charge on any atom is -0.315 e. The highest BCUT2D eigenvalue weighted by atomic mass is 15.0. The van der Waals surface area contributed by atoms with Gasteiger partial charge in [-0.2, -0.15) is 5.26 Å². The fourth-order valence-corrected chi connectivity index (χ4v) is 1.34. The van der Waals surface area contributed by atoms with Crippen molar-refractivity contribution in [2.24, 2.45) is 11.3 Å². The number of hydrogen-bond donors (Lipinski definition) is 1. The number of nitrogens with zero attached hydrogens (tertiary/aromatic N) is 1. The van der Waals surface area contributed by atoms with E-state index in [4.69, 9.17) is 5.26 Å². The van der Waals surface area contributed by atoms with E-state index in [1.807, 2.05) is 13.8 Å². The van der Waals surface area contributed by atoms with Crippen molar-refractivity contribution < 1.29 is 0 Å². The van der Waals surface area contributed by atoms with Crippen LogP contribution in [0, 0.1) is 22.7 Å². The molecule has 1 aliphatic heterocycles. The normalized spacial score (nSPS) is 18.7. The zero-order valence-corrected chi connectivity index (χ0v) is 8.65. The first-order valence-electron chi connectivity index (χ1n) is 4.79. The maximum Gasteiger partial charge on any atom is 0.0628 e. The Hall–Kier alpha value is -0.550. The number of nitrogens with one attached hydrogen (secondary N) is 1. The number of rotatable bonds is 2. The highest BCUT2D eigenvalue weighted by Crippen LogP contribution is 2.34. The topological polar surface area (TPSA) is 35.8 Å². The highest BCUT2D eigenvalue weighted by Gasteiger charge is 2.39. The van der Waals surface area contributed by atoms with Gasteiger partial charge >= 0.3 is 0 Å². The van der Waals surface area contributed by atoms with Crippen molar-refractivity contribution in [3.05, 3.63) is 0 Å². The van der Waals surface area contributed by atoms with Gasteiger partial charge in [0.05, 0.1) is 6.07 Å². The predicted molar refractivity (Wildman–Crippen MR) is 51.7 cm³/mol. The van der Waals surface area contributed by atoms with Crippen molar-refractivity contribution >= 4 is 0 Å². The molecule has 1 heterocycles. The van der Waals surface area contributed by atoms with Crippen molar-refractivity contribution in [1.82, 2.24) is 5.32 Å². The van der Waals surface area contributed by atoms with Gasteiger partial charge in [-0.25, -0.2) is 0 Å². The molecule has 0 aromatic heterocycles. The van der Waals surface area contributed by atoms with Crippen molar-refractivity contribution in [3.63, 3.8) is 0 Å². The Morgan fingerprint density at radius 3 is 2.00 bits per heavy atom. The maximum absolute atomic E-state index is 8.54. The van der Waals surface area contributed by atoms with Gasteiger partial charge in [-0.15, -0.1) is 0 Å². The lowest BCUT2D eigenvalue weighted by Crippen LogP contribution is -2.56. The van der Waals surface area contributed by atoms with Crippen molar-refractivity contribution in [1.29, 1.82) is 5.26 Å². The van der Waals surface area contributed by atoms with Gasteiger partial charge < -0.3 is 5.32 Å². The minimum absolute atomic E-state index is 0.300. The summed E-state index contributed by atoms with van der Waals surface area (Å²) in [4.78, 5) is 0. The summed E-state index contributed by atoms with van der Waals surface area (Å²) in [7, 11) is 0. The van der Waals surface area contributed by atoms with Crippen LogP contribution >= 0.6 is 0 Å². The molecule has 0 aromatic rings. The maximum atomic E-state index is 8.54. The molecule has 2 heteroatoms. The number of nitriles is 1. The lowest BCUT2D eigenvalue weighted by atomic mass is 9.70. The molecule has 0 saturated carbocycles. The molecule has 2 nitrogen and oxygen atoms in total. The van der Waals surface area contributed by atoms with E-state index in [1.54, 1.807) is 0 Å². The van der Waals surface area contributed by atoms with Gasteiger partial charge in [0.15, 0.2) is 0 Å². The van der Waals surface area contributed by atoms with E-state index in [2.05, 4.69) is 25.2 Å². The summed E-state index contributed by atoms with van der Waals surface area (Å²) in [6.07, 6.45) is 0.706. The van der Waals surface area contributed by atoms with Crippen LogP contribution in [0.2, 0.25) is 0 Å². The monoisotopic (exact) mass is 168 g/mol. The molecule has 1 rings (SSSR count). The molecule has 1 fully saturated rings. The smallest absolute Gasteiger partial charge is 0.0628 e. The summed E-state index contributed by atoms with van der Waals surface area (Å²) < 4.78 is 0. The molecule has 0 unspecified atom stereocenters. The molecule has 0 bridgehead atoms. The van der Waals surface area contributed by atoms with E-state index in [0.717, 1.165) is 13.1 Å². The molecule has 1 aliphatic rings. The predicted octanol–water partition coefficient (Wildman–Crippen LogP) is 2.17. The van der Waals surface area contributed by atoms with E-state index in [9.17, 15) is 0 Å². The summed E-state index contributed by atoms with van der Waals surface area (Å²) >= 11 is 0. The van der Waals surface area contributed by atoms with Crippen molar-refractivity contribution in [2.45, 2.75) is 34.1 Å². The summed E-state index contributed by atoms with van der Waals surface area (Å²) in [5.74, 6) is 0.633. The van der Waals surface area contributed by atoms with Gasteiger partial charge in [0.2, 0.25) is 0 Å². The van der Waals surface area contributed by atoms with Crippen LogP contribution in [-0.4, -0.2) is 13.1 Å². The second-order valence-electron chi connectivity index (χ2n) is 3.46. The molecule has 0 atom stereocenters. The first-order chi connectivity index (χ1) is 5.71. The molecule has 0 radical (unpaired) electrons. The van der Waals surface area contributed by atoms with Crippen LogP contribution in [0.5, 0.6) is 0 Å². The number of hydrogen-bond acceptors (Lipinski definition) is 2. The van der Waals surface area contributed by atoms with Crippen LogP contribution in [0.15, 0.2) is 0 Å². The lowest BCUT2D eigenvalue weighted by molar-refractivity contribution is 0.105. The van der Waals surface area contributed by atoms with Crippen LogP contribution in [0.3, 0.4) is 0 Å². The average Bonchev–Trinajstić information content (AvgIpc) is 2.00. The molecule has 0 aliphatic carbocycles. The van der Waals surface area contributed by atoms with E-state index in [-0.39, 0.29) is 0 Å². The van der Waals surface area contributed by atoms with Crippen LogP contribution in [0.4, 0.5) is 0 Å². The molecule has 0 amide bonds. The molecule has 0 aromatic carbocycles. The Morgan fingerprint density at radius 1 is 1.42 bits per heavy atom. The molecule has 1 saturated heterocycles. The molecule has 0 spiro atoms. The van der Waals surface area contributed by atoms with Gasteiger partial charge in [0, 0.05) is 24.9 Å². The Morgan fingerprint density at radius 2 is 1.92 bits per heavy atom.